The van der Waals surface area contributed by atoms with Crippen molar-refractivity contribution in [1.29, 1.82) is 0 Å². The van der Waals surface area contributed by atoms with Gasteiger partial charge in [0, 0.05) is 43.4 Å². The third kappa shape index (κ3) is 8.65. The summed E-state index contributed by atoms with van der Waals surface area (Å²) in [6.07, 6.45) is -0.309. The second-order valence-corrected chi connectivity index (χ2v) is 12.3. The molecular formula is C30H37BrN2O6. The zero-order chi connectivity index (χ0) is 28.6. The minimum absolute atomic E-state index is 0.129. The van der Waals surface area contributed by atoms with Gasteiger partial charge in [-0.1, -0.05) is 104 Å². The van der Waals surface area contributed by atoms with Gasteiger partial charge in [-0.15, -0.1) is 0 Å². The highest BCUT2D eigenvalue weighted by molar-refractivity contribution is 9.10. The number of Topliss-reactive ketones (excluding diaryl/α,β-unsaturated/α-hetero) is 2. The number of alkyl halides is 1. The summed E-state index contributed by atoms with van der Waals surface area (Å²) >= 11 is 3.34. The first kappa shape index (κ1) is 30.3. The number of hydrogen-bond donors (Lipinski definition) is 0. The van der Waals surface area contributed by atoms with Crippen LogP contribution in [0.2, 0.25) is 0 Å². The van der Waals surface area contributed by atoms with Crippen LogP contribution >= 0.6 is 15.9 Å². The van der Waals surface area contributed by atoms with Crippen LogP contribution in [0.1, 0.15) is 45.2 Å². The molecule has 1 atom stereocenters. The molecular weight excluding hydrogens is 564 g/mol. The number of ketones is 2. The molecule has 2 aliphatic heterocycles. The van der Waals surface area contributed by atoms with Crippen molar-refractivity contribution in [2.45, 2.75) is 52.2 Å². The van der Waals surface area contributed by atoms with Gasteiger partial charge < -0.3 is 19.3 Å². The lowest BCUT2D eigenvalue weighted by molar-refractivity contribution is -0.131. The van der Waals surface area contributed by atoms with Crippen molar-refractivity contribution in [2.24, 2.45) is 10.8 Å². The van der Waals surface area contributed by atoms with E-state index in [1.165, 1.54) is 0 Å². The molecule has 0 spiro atoms. The first-order chi connectivity index (χ1) is 18.4. The summed E-state index contributed by atoms with van der Waals surface area (Å²) in [7, 11) is 0. The van der Waals surface area contributed by atoms with Gasteiger partial charge in [-0.25, -0.2) is 9.59 Å². The zero-order valence-corrected chi connectivity index (χ0v) is 24.6. The van der Waals surface area contributed by atoms with E-state index in [-0.39, 0.29) is 41.8 Å². The van der Waals surface area contributed by atoms with E-state index in [4.69, 9.17) is 9.47 Å². The van der Waals surface area contributed by atoms with Crippen molar-refractivity contribution in [3.05, 3.63) is 71.8 Å². The van der Waals surface area contributed by atoms with E-state index in [1.807, 2.05) is 88.4 Å². The molecule has 39 heavy (non-hydrogen) atoms. The minimum atomic E-state index is -0.543. The monoisotopic (exact) mass is 600 g/mol. The fourth-order valence-corrected chi connectivity index (χ4v) is 5.42. The van der Waals surface area contributed by atoms with Crippen LogP contribution in [0.3, 0.4) is 0 Å². The Morgan fingerprint density at radius 2 is 1.26 bits per heavy atom. The SMILES string of the molecule is CC1(C)CN(C(=O)OCc2ccccc2)CC(Br)C1=O.CC1(C)CN(C(=O)OCc2ccccc2)CCC1=O. The molecule has 2 amide bonds. The van der Waals surface area contributed by atoms with Gasteiger partial charge in [-0.05, 0) is 11.1 Å². The van der Waals surface area contributed by atoms with Crippen molar-refractivity contribution in [3.63, 3.8) is 0 Å². The number of hydrogen-bond acceptors (Lipinski definition) is 6. The Morgan fingerprint density at radius 3 is 1.72 bits per heavy atom. The van der Waals surface area contributed by atoms with Crippen LogP contribution in [0.4, 0.5) is 9.59 Å². The Balaban J connectivity index is 0.000000216. The molecule has 2 saturated heterocycles. The number of nitrogens with zero attached hydrogens (tertiary/aromatic N) is 2. The fraction of sp³-hybridized carbons (Fsp3) is 0.467. The van der Waals surface area contributed by atoms with Crippen molar-refractivity contribution in [3.8, 4) is 0 Å². The number of benzene rings is 2. The fourth-order valence-electron chi connectivity index (χ4n) is 4.46. The smallest absolute Gasteiger partial charge is 0.410 e. The first-order valence-corrected chi connectivity index (χ1v) is 13.9. The third-order valence-corrected chi connectivity index (χ3v) is 7.50. The van der Waals surface area contributed by atoms with E-state index in [1.54, 1.807) is 9.80 Å². The molecule has 2 fully saturated rings. The molecule has 0 aromatic heterocycles. The molecule has 2 heterocycles. The van der Waals surface area contributed by atoms with E-state index in [0.29, 0.717) is 32.6 Å². The van der Waals surface area contributed by atoms with Gasteiger partial charge in [0.2, 0.25) is 0 Å². The van der Waals surface area contributed by atoms with Gasteiger partial charge in [0.1, 0.15) is 19.0 Å². The molecule has 0 saturated carbocycles. The van der Waals surface area contributed by atoms with E-state index in [0.717, 1.165) is 11.1 Å². The quantitative estimate of drug-likeness (QED) is 0.423. The lowest BCUT2D eigenvalue weighted by Gasteiger charge is -2.38. The van der Waals surface area contributed by atoms with Gasteiger partial charge in [0.25, 0.3) is 0 Å². The minimum Gasteiger partial charge on any atom is -0.445 e. The molecule has 0 aliphatic carbocycles. The standard InChI is InChI=1S/C15H18BrNO3.C15H19NO3/c1-15(2)10-17(8-12(16)13(15)18)14(19)20-9-11-6-4-3-5-7-11;1-15(2)11-16(9-8-13(15)17)14(18)19-10-12-6-4-3-5-7-12/h3-7,12H,8-10H2,1-2H3;3-7H,8-11H2,1-2H3. The molecule has 9 heteroatoms. The highest BCUT2D eigenvalue weighted by Crippen LogP contribution is 2.29. The van der Waals surface area contributed by atoms with Gasteiger partial charge >= 0.3 is 12.2 Å². The second kappa shape index (κ2) is 13.2. The van der Waals surface area contributed by atoms with Crippen LogP contribution in [-0.4, -0.2) is 64.6 Å². The van der Waals surface area contributed by atoms with Gasteiger partial charge in [-0.3, -0.25) is 9.59 Å². The highest BCUT2D eigenvalue weighted by atomic mass is 79.9. The Morgan fingerprint density at radius 1 is 0.795 bits per heavy atom. The Hall–Kier alpha value is -3.20. The number of rotatable bonds is 4. The molecule has 2 aromatic rings. The zero-order valence-electron chi connectivity index (χ0n) is 23.0. The highest BCUT2D eigenvalue weighted by Gasteiger charge is 2.42. The van der Waals surface area contributed by atoms with Gasteiger partial charge in [0.15, 0.2) is 5.78 Å². The van der Waals surface area contributed by atoms with E-state index < -0.39 is 10.8 Å². The molecule has 4 rings (SSSR count). The summed E-state index contributed by atoms with van der Waals surface area (Å²) in [5, 5.41) is 0. The summed E-state index contributed by atoms with van der Waals surface area (Å²) in [5.41, 5.74) is 0.897. The maximum absolute atomic E-state index is 12.1. The van der Waals surface area contributed by atoms with Crippen molar-refractivity contribution in [2.75, 3.05) is 26.2 Å². The predicted octanol–water partition coefficient (Wildman–Crippen LogP) is 5.62. The lowest BCUT2D eigenvalue weighted by atomic mass is 9.83. The number of halogens is 1. The number of carbonyl (C=O) groups is 4. The number of amides is 2. The largest absolute Gasteiger partial charge is 0.445 e. The Bertz CT molecular complexity index is 1150. The first-order valence-electron chi connectivity index (χ1n) is 13.0. The van der Waals surface area contributed by atoms with Crippen LogP contribution in [0, 0.1) is 10.8 Å². The number of carbonyl (C=O) groups excluding carboxylic acids is 4. The molecule has 0 bridgehead atoms. The van der Waals surface area contributed by atoms with Crippen LogP contribution in [0.25, 0.3) is 0 Å². The average Bonchev–Trinajstić information content (AvgIpc) is 2.91. The van der Waals surface area contributed by atoms with Gasteiger partial charge in [-0.2, -0.15) is 0 Å². The summed E-state index contributed by atoms with van der Waals surface area (Å²) in [4.78, 5) is 50.6. The average molecular weight is 602 g/mol. The number of piperidine rings is 2. The van der Waals surface area contributed by atoms with E-state index in [2.05, 4.69) is 15.9 Å². The summed E-state index contributed by atoms with van der Waals surface area (Å²) in [6, 6.07) is 19.1. The Labute approximate surface area is 238 Å². The van der Waals surface area contributed by atoms with E-state index >= 15 is 0 Å². The molecule has 2 aromatic carbocycles. The van der Waals surface area contributed by atoms with Gasteiger partial charge in [0.05, 0.1) is 4.83 Å². The normalized spacial score (nSPS) is 20.0. The molecule has 2 aliphatic rings. The maximum Gasteiger partial charge on any atom is 0.410 e. The molecule has 1 unspecified atom stereocenters. The summed E-state index contributed by atoms with van der Waals surface area (Å²) < 4.78 is 10.6. The second-order valence-electron chi connectivity index (χ2n) is 11.2. The van der Waals surface area contributed by atoms with Crippen molar-refractivity contribution < 1.29 is 28.7 Å². The van der Waals surface area contributed by atoms with Crippen LogP contribution in [0.15, 0.2) is 60.7 Å². The lowest BCUT2D eigenvalue weighted by Crippen LogP contribution is -2.54. The molecule has 0 N–H and O–H groups in total. The van der Waals surface area contributed by atoms with Crippen molar-refractivity contribution >= 4 is 39.7 Å². The molecule has 8 nitrogen and oxygen atoms in total. The Kier molecular flexibility index (Phi) is 10.3. The van der Waals surface area contributed by atoms with Crippen LogP contribution < -0.4 is 0 Å². The van der Waals surface area contributed by atoms with E-state index in [9.17, 15) is 19.2 Å². The molecule has 0 radical (unpaired) electrons. The number of ether oxygens (including phenoxy) is 2. The molecule has 210 valence electrons. The van der Waals surface area contributed by atoms with Crippen LogP contribution in [-0.2, 0) is 32.3 Å². The van der Waals surface area contributed by atoms with Crippen LogP contribution in [0.5, 0.6) is 0 Å². The summed E-state index contributed by atoms with van der Waals surface area (Å²) in [5.74, 6) is 0.337. The number of likely N-dealkylation sites (tertiary alicyclic amines) is 2. The third-order valence-electron chi connectivity index (χ3n) is 6.79. The predicted molar refractivity (Wildman–Crippen MR) is 151 cm³/mol. The van der Waals surface area contributed by atoms with Crippen molar-refractivity contribution in [1.82, 2.24) is 9.80 Å². The summed E-state index contributed by atoms with van der Waals surface area (Å²) in [6.45, 7) is 9.58. The topological polar surface area (TPSA) is 93.2 Å². The maximum atomic E-state index is 12.1.